The van der Waals surface area contributed by atoms with Crippen molar-refractivity contribution in [2.24, 2.45) is 11.8 Å². The van der Waals surface area contributed by atoms with Gasteiger partial charge in [0.05, 0.1) is 5.92 Å². The van der Waals surface area contributed by atoms with Crippen LogP contribution in [0.2, 0.25) is 0 Å². The van der Waals surface area contributed by atoms with Crippen LogP contribution in [-0.4, -0.2) is 43.7 Å². The molecule has 0 saturated carbocycles. The van der Waals surface area contributed by atoms with Gasteiger partial charge >= 0.3 is 0 Å². The molecule has 0 aromatic heterocycles. The first-order valence-corrected chi connectivity index (χ1v) is 9.76. The Balaban J connectivity index is 0.00000225. The quantitative estimate of drug-likeness (QED) is 0.783. The number of piperidine rings is 1. The molecule has 0 aliphatic carbocycles. The van der Waals surface area contributed by atoms with E-state index in [1.54, 1.807) is 16.7 Å². The Morgan fingerprint density at radius 3 is 2.68 bits per heavy atom. The lowest BCUT2D eigenvalue weighted by Gasteiger charge is -2.31. The first-order valence-electron chi connectivity index (χ1n) is 8.54. The highest BCUT2D eigenvalue weighted by molar-refractivity contribution is 7.98. The van der Waals surface area contributed by atoms with Gasteiger partial charge in [0.25, 0.3) is 0 Å². The van der Waals surface area contributed by atoms with Crippen LogP contribution >= 0.6 is 24.2 Å². The number of carbonyl (C=O) groups excluding carboxylic acids is 2. The van der Waals surface area contributed by atoms with Crippen molar-refractivity contribution in [3.8, 4) is 0 Å². The van der Waals surface area contributed by atoms with Gasteiger partial charge in [-0.1, -0.05) is 6.92 Å². The summed E-state index contributed by atoms with van der Waals surface area (Å²) in [6.07, 6.45) is 3.39. The van der Waals surface area contributed by atoms with E-state index in [-0.39, 0.29) is 36.2 Å². The van der Waals surface area contributed by atoms with Crippen molar-refractivity contribution in [1.82, 2.24) is 10.6 Å². The summed E-state index contributed by atoms with van der Waals surface area (Å²) in [6.45, 7) is 4.46. The van der Waals surface area contributed by atoms with E-state index in [4.69, 9.17) is 0 Å². The van der Waals surface area contributed by atoms with Gasteiger partial charge in [-0.05, 0) is 49.4 Å². The number of nitrogens with zero attached hydrogens (tertiary/aromatic N) is 1. The molecule has 2 saturated heterocycles. The Bertz CT molecular complexity index is 611. The molecule has 0 spiro atoms. The van der Waals surface area contributed by atoms with Crippen LogP contribution in [0.5, 0.6) is 0 Å². The zero-order valence-corrected chi connectivity index (χ0v) is 16.3. The molecule has 3 atom stereocenters. The van der Waals surface area contributed by atoms with E-state index in [2.05, 4.69) is 17.6 Å². The Labute approximate surface area is 159 Å². The highest BCUT2D eigenvalue weighted by atomic mass is 35.5. The molecule has 2 heterocycles. The molecule has 2 N–H and O–H groups in total. The minimum atomic E-state index is -0.258. The van der Waals surface area contributed by atoms with Crippen molar-refractivity contribution in [2.75, 3.05) is 30.8 Å². The molecular weight excluding hydrogens is 358 g/mol. The van der Waals surface area contributed by atoms with E-state index in [0.717, 1.165) is 25.2 Å². The summed E-state index contributed by atoms with van der Waals surface area (Å²) in [5, 5.41) is 6.46. The van der Waals surface area contributed by atoms with E-state index in [0.29, 0.717) is 18.9 Å². The molecule has 2 aliphatic rings. The summed E-state index contributed by atoms with van der Waals surface area (Å²) >= 11 is 1.67. The number of thioether (sulfide) groups is 1. The zero-order chi connectivity index (χ0) is 17.1. The highest BCUT2D eigenvalue weighted by Crippen LogP contribution is 2.27. The predicted octanol–water partition coefficient (Wildman–Crippen LogP) is 2.30. The summed E-state index contributed by atoms with van der Waals surface area (Å²) in [5.74, 6) is 0.253. The average Bonchev–Trinajstić information content (AvgIpc) is 2.99. The predicted molar refractivity (Wildman–Crippen MR) is 105 cm³/mol. The van der Waals surface area contributed by atoms with E-state index < -0.39 is 0 Å². The number of nitrogens with one attached hydrogen (secondary N) is 2. The number of benzene rings is 1. The van der Waals surface area contributed by atoms with Crippen LogP contribution in [0.25, 0.3) is 0 Å². The van der Waals surface area contributed by atoms with Gasteiger partial charge in [-0.25, -0.2) is 0 Å². The summed E-state index contributed by atoms with van der Waals surface area (Å²) < 4.78 is 0. The maximum Gasteiger partial charge on any atom is 0.227 e. The fourth-order valence-electron chi connectivity index (χ4n) is 3.38. The second kappa shape index (κ2) is 8.92. The van der Waals surface area contributed by atoms with Crippen molar-refractivity contribution in [1.29, 1.82) is 0 Å². The number of halogens is 1. The third kappa shape index (κ3) is 4.68. The van der Waals surface area contributed by atoms with E-state index in [1.807, 2.05) is 30.5 Å². The van der Waals surface area contributed by atoms with Gasteiger partial charge in [0.2, 0.25) is 11.8 Å². The van der Waals surface area contributed by atoms with Gasteiger partial charge in [-0.2, -0.15) is 0 Å². The highest BCUT2D eigenvalue weighted by Gasteiger charge is 2.36. The molecule has 0 radical (unpaired) electrons. The van der Waals surface area contributed by atoms with Crippen molar-refractivity contribution >= 4 is 41.7 Å². The molecule has 25 heavy (non-hydrogen) atoms. The molecule has 2 amide bonds. The Kier molecular flexibility index (Phi) is 7.16. The van der Waals surface area contributed by atoms with Crippen LogP contribution in [0.3, 0.4) is 0 Å². The van der Waals surface area contributed by atoms with Crippen molar-refractivity contribution < 1.29 is 9.59 Å². The van der Waals surface area contributed by atoms with Crippen LogP contribution in [0, 0.1) is 11.8 Å². The van der Waals surface area contributed by atoms with Crippen LogP contribution in [0.1, 0.15) is 19.8 Å². The second-order valence-corrected chi connectivity index (χ2v) is 7.57. The van der Waals surface area contributed by atoms with Crippen molar-refractivity contribution in [3.05, 3.63) is 24.3 Å². The molecule has 1 aromatic rings. The zero-order valence-electron chi connectivity index (χ0n) is 14.7. The van der Waals surface area contributed by atoms with E-state index in [1.165, 1.54) is 4.90 Å². The Morgan fingerprint density at radius 2 is 2.04 bits per heavy atom. The molecule has 138 valence electrons. The Morgan fingerprint density at radius 1 is 1.32 bits per heavy atom. The largest absolute Gasteiger partial charge is 0.352 e. The van der Waals surface area contributed by atoms with Crippen molar-refractivity contribution in [2.45, 2.75) is 30.7 Å². The maximum atomic E-state index is 12.6. The molecule has 5 nitrogen and oxygen atoms in total. The number of carbonyl (C=O) groups is 2. The molecule has 3 unspecified atom stereocenters. The molecule has 1 aromatic carbocycles. The smallest absolute Gasteiger partial charge is 0.227 e. The first-order chi connectivity index (χ1) is 11.6. The molecule has 2 aliphatic heterocycles. The third-order valence-electron chi connectivity index (χ3n) is 5.04. The molecule has 3 rings (SSSR count). The molecule has 7 heteroatoms. The van der Waals surface area contributed by atoms with Gasteiger partial charge in [0, 0.05) is 36.1 Å². The lowest BCUT2D eigenvalue weighted by molar-refractivity contribution is -0.127. The summed E-state index contributed by atoms with van der Waals surface area (Å²) in [4.78, 5) is 27.8. The standard InChI is InChI=1S/C18H25N3O2S.ClH/c1-12-7-8-19-10-16(12)20-18(23)13-9-17(22)21(11-13)14-3-5-15(24-2)6-4-14;/h3-6,12-13,16,19H,7-11H2,1-2H3,(H,20,23);1H. The number of anilines is 1. The van der Waals surface area contributed by atoms with Gasteiger partial charge in [0.1, 0.15) is 0 Å². The second-order valence-electron chi connectivity index (χ2n) is 6.69. The van der Waals surface area contributed by atoms with E-state index in [9.17, 15) is 9.59 Å². The minimum Gasteiger partial charge on any atom is -0.352 e. The lowest BCUT2D eigenvalue weighted by atomic mass is 9.94. The van der Waals surface area contributed by atoms with Crippen LogP contribution in [0.15, 0.2) is 29.2 Å². The minimum absolute atomic E-state index is 0. The van der Waals surface area contributed by atoms with Crippen molar-refractivity contribution in [3.63, 3.8) is 0 Å². The monoisotopic (exact) mass is 383 g/mol. The average molecular weight is 384 g/mol. The first kappa shape index (κ1) is 20.1. The lowest BCUT2D eigenvalue weighted by Crippen LogP contribution is -2.51. The van der Waals surface area contributed by atoms with Gasteiger partial charge < -0.3 is 15.5 Å². The summed E-state index contributed by atoms with van der Waals surface area (Å²) in [6, 6.07) is 8.09. The van der Waals surface area contributed by atoms with E-state index >= 15 is 0 Å². The van der Waals surface area contributed by atoms with Crippen LogP contribution < -0.4 is 15.5 Å². The summed E-state index contributed by atoms with van der Waals surface area (Å²) in [7, 11) is 0. The van der Waals surface area contributed by atoms with Crippen LogP contribution in [0.4, 0.5) is 5.69 Å². The topological polar surface area (TPSA) is 61.4 Å². The molecule has 0 bridgehead atoms. The van der Waals surface area contributed by atoms with Gasteiger partial charge in [0.15, 0.2) is 0 Å². The Hall–Kier alpha value is -1.24. The van der Waals surface area contributed by atoms with Crippen LogP contribution in [-0.2, 0) is 9.59 Å². The van der Waals surface area contributed by atoms with Gasteiger partial charge in [-0.3, -0.25) is 9.59 Å². The molecular formula is C18H26ClN3O2S. The fraction of sp³-hybridized carbons (Fsp3) is 0.556. The third-order valence-corrected chi connectivity index (χ3v) is 5.78. The fourth-order valence-corrected chi connectivity index (χ4v) is 3.79. The van der Waals surface area contributed by atoms with Gasteiger partial charge in [-0.15, -0.1) is 24.2 Å². The number of hydrogen-bond acceptors (Lipinski definition) is 4. The number of hydrogen-bond donors (Lipinski definition) is 2. The normalized spacial score (nSPS) is 26.2. The summed E-state index contributed by atoms with van der Waals surface area (Å²) in [5.41, 5.74) is 0.876. The number of rotatable bonds is 4. The SMILES string of the molecule is CSc1ccc(N2CC(C(=O)NC3CNCCC3C)CC2=O)cc1.Cl. The number of amides is 2. The molecule has 2 fully saturated rings. The maximum absolute atomic E-state index is 12.6.